The van der Waals surface area contributed by atoms with Crippen molar-refractivity contribution in [2.24, 2.45) is 11.7 Å². The maximum atomic E-state index is 12.8. The van der Waals surface area contributed by atoms with E-state index in [1.165, 1.54) is 18.6 Å². The fourth-order valence-corrected chi connectivity index (χ4v) is 4.80. The van der Waals surface area contributed by atoms with Gasteiger partial charge >= 0.3 is 6.18 Å². The van der Waals surface area contributed by atoms with Gasteiger partial charge in [0.2, 0.25) is 5.91 Å². The zero-order valence-corrected chi connectivity index (χ0v) is 21.5. The molecule has 0 radical (unpaired) electrons. The topological polar surface area (TPSA) is 64.8 Å². The minimum absolute atomic E-state index is 0.0325. The summed E-state index contributed by atoms with van der Waals surface area (Å²) in [5, 5.41) is 0. The fourth-order valence-electron chi connectivity index (χ4n) is 4.80. The molecule has 4 rings (SSSR count). The molecule has 5 nitrogen and oxygen atoms in total. The number of amides is 1. The number of hydrogen-bond acceptors (Lipinski definition) is 4. The molecule has 3 fully saturated rings. The van der Waals surface area contributed by atoms with Gasteiger partial charge < -0.3 is 20.1 Å². The quantitative estimate of drug-likeness (QED) is 0.573. The molecule has 3 unspecified atom stereocenters. The number of carbonyl (C=O) groups excluding carboxylic acids is 1. The average molecular weight is 501 g/mol. The summed E-state index contributed by atoms with van der Waals surface area (Å²) in [4.78, 5) is 14.4. The highest BCUT2D eigenvalue weighted by Gasteiger charge is 2.34. The van der Waals surface area contributed by atoms with Crippen LogP contribution in [0.3, 0.4) is 0 Å². The number of benzene rings is 1. The Labute approximate surface area is 208 Å². The van der Waals surface area contributed by atoms with Gasteiger partial charge in [0.25, 0.3) is 0 Å². The van der Waals surface area contributed by atoms with Gasteiger partial charge in [0.1, 0.15) is 0 Å². The number of carbonyl (C=O) groups is 1. The number of nitrogens with two attached hydrogens (primary N) is 1. The molecule has 3 atom stereocenters. The normalized spacial score (nSPS) is 25.2. The number of likely N-dealkylation sites (tertiary alicyclic amines) is 1. The number of methoxy groups -OCH3 is 1. The number of piperidine rings is 1. The first kappa shape index (κ1) is 29.6. The third-order valence-corrected chi connectivity index (χ3v) is 6.77. The maximum absolute atomic E-state index is 12.8. The number of ether oxygens (including phenoxy) is 2. The molecule has 3 aliphatic rings. The van der Waals surface area contributed by atoms with Crippen molar-refractivity contribution < 1.29 is 27.4 Å². The lowest BCUT2D eigenvalue weighted by Gasteiger charge is -2.34. The van der Waals surface area contributed by atoms with Crippen LogP contribution in [0.25, 0.3) is 0 Å². The first-order valence-corrected chi connectivity index (χ1v) is 13.0. The number of halogens is 3. The van der Waals surface area contributed by atoms with Crippen molar-refractivity contribution in [1.29, 1.82) is 0 Å². The second-order valence-electron chi connectivity index (χ2n) is 9.77. The Morgan fingerprint density at radius 3 is 2.31 bits per heavy atom. The molecule has 35 heavy (non-hydrogen) atoms. The summed E-state index contributed by atoms with van der Waals surface area (Å²) in [6, 6.07) is 5.70. The summed E-state index contributed by atoms with van der Waals surface area (Å²) in [6.07, 6.45) is 3.56. The van der Waals surface area contributed by atoms with E-state index in [1.807, 2.05) is 4.90 Å². The van der Waals surface area contributed by atoms with E-state index in [0.717, 1.165) is 56.9 Å². The van der Waals surface area contributed by atoms with E-state index in [2.05, 4.69) is 13.8 Å². The van der Waals surface area contributed by atoms with E-state index >= 15 is 0 Å². The molecule has 1 aromatic carbocycles. The Balaban J connectivity index is 0.000000327. The largest absolute Gasteiger partial charge is 0.416 e. The predicted molar refractivity (Wildman–Crippen MR) is 132 cm³/mol. The monoisotopic (exact) mass is 500 g/mol. The zero-order chi connectivity index (χ0) is 25.8. The minimum Gasteiger partial charge on any atom is -0.379 e. The highest BCUT2D eigenvalue weighted by Crippen LogP contribution is 2.35. The van der Waals surface area contributed by atoms with Crippen LogP contribution in [0.1, 0.15) is 82.3 Å². The molecule has 2 saturated heterocycles. The van der Waals surface area contributed by atoms with Crippen molar-refractivity contribution in [1.82, 2.24) is 4.90 Å². The Morgan fingerprint density at radius 2 is 1.83 bits per heavy atom. The van der Waals surface area contributed by atoms with Crippen molar-refractivity contribution in [3.05, 3.63) is 35.4 Å². The van der Waals surface area contributed by atoms with E-state index in [4.69, 9.17) is 15.2 Å². The first-order valence-electron chi connectivity index (χ1n) is 13.0. The van der Waals surface area contributed by atoms with Crippen LogP contribution >= 0.6 is 0 Å². The van der Waals surface area contributed by atoms with Crippen LogP contribution in [-0.4, -0.2) is 56.4 Å². The molecule has 0 bridgehead atoms. The number of nitrogens with zero attached hydrogens (tertiary/aromatic N) is 1. The van der Waals surface area contributed by atoms with Crippen LogP contribution in [0.15, 0.2) is 24.3 Å². The molecule has 0 spiro atoms. The van der Waals surface area contributed by atoms with Crippen LogP contribution in [0.5, 0.6) is 0 Å². The van der Waals surface area contributed by atoms with Crippen LogP contribution < -0.4 is 5.73 Å². The molecule has 1 aromatic rings. The van der Waals surface area contributed by atoms with Crippen molar-refractivity contribution in [3.8, 4) is 0 Å². The maximum Gasteiger partial charge on any atom is 0.416 e. The summed E-state index contributed by atoms with van der Waals surface area (Å²) in [5.74, 6) is 0.290. The van der Waals surface area contributed by atoms with Crippen LogP contribution in [0, 0.1) is 5.92 Å². The highest BCUT2D eigenvalue weighted by molar-refractivity contribution is 5.79. The predicted octanol–water partition coefficient (Wildman–Crippen LogP) is 5.77. The molecular weight excluding hydrogens is 457 g/mol. The van der Waals surface area contributed by atoms with E-state index < -0.39 is 11.7 Å². The molecule has 2 heterocycles. The van der Waals surface area contributed by atoms with Gasteiger partial charge in [-0.25, -0.2) is 0 Å². The van der Waals surface area contributed by atoms with Gasteiger partial charge in [0.15, 0.2) is 0 Å². The van der Waals surface area contributed by atoms with Crippen LogP contribution in [0.4, 0.5) is 13.2 Å². The van der Waals surface area contributed by atoms with Crippen LogP contribution in [0.2, 0.25) is 0 Å². The van der Waals surface area contributed by atoms with Crippen LogP contribution in [-0.2, 0) is 20.4 Å². The van der Waals surface area contributed by atoms with Crippen molar-refractivity contribution in [3.63, 3.8) is 0 Å². The van der Waals surface area contributed by atoms with Gasteiger partial charge in [-0.05, 0) is 62.5 Å². The summed E-state index contributed by atoms with van der Waals surface area (Å²) < 4.78 is 48.7. The lowest BCUT2D eigenvalue weighted by Crippen LogP contribution is -2.41. The number of hydrogen-bond donors (Lipinski definition) is 1. The van der Waals surface area contributed by atoms with Crippen molar-refractivity contribution >= 4 is 5.91 Å². The second-order valence-corrected chi connectivity index (χ2v) is 9.77. The average Bonchev–Trinajstić information content (AvgIpc) is 3.31. The Kier molecular flexibility index (Phi) is 12.5. The second kappa shape index (κ2) is 14.8. The zero-order valence-electron chi connectivity index (χ0n) is 21.5. The Hall–Kier alpha value is -1.64. The summed E-state index contributed by atoms with van der Waals surface area (Å²) in [5.41, 5.74) is 6.00. The minimum atomic E-state index is -4.31. The third-order valence-electron chi connectivity index (χ3n) is 6.77. The van der Waals surface area contributed by atoms with E-state index in [-0.39, 0.29) is 23.8 Å². The smallest absolute Gasteiger partial charge is 0.379 e. The molecule has 1 aliphatic carbocycles. The number of alkyl halides is 3. The van der Waals surface area contributed by atoms with E-state index in [9.17, 15) is 18.0 Å². The Bertz CT molecular complexity index is 745. The number of rotatable bonds is 3. The summed E-state index contributed by atoms with van der Waals surface area (Å²) in [6.45, 7) is 7.19. The molecule has 2 aliphatic heterocycles. The highest BCUT2D eigenvalue weighted by atomic mass is 19.4. The molecule has 200 valence electrons. The fraction of sp³-hybridized carbons (Fsp3) is 0.741. The standard InChI is InChI=1S/C18H23F3N2O.C6H12O2.C3H8/c19-18(20,21)15-3-1-2-13(10-15)12-6-8-23(9-7-12)17(24)14-4-5-16(22)11-14;1-7-6-3-2-4-8-5-6;1-3-2/h1-3,10,12,14,16H,4-9,11,22H2;6H,2-5H2,1H3;3H2,1-2H3. The summed E-state index contributed by atoms with van der Waals surface area (Å²) >= 11 is 0. The van der Waals surface area contributed by atoms with Gasteiger partial charge in [-0.1, -0.05) is 38.5 Å². The molecule has 1 saturated carbocycles. The van der Waals surface area contributed by atoms with Crippen molar-refractivity contribution in [2.45, 2.75) is 89.5 Å². The van der Waals surface area contributed by atoms with Gasteiger partial charge in [0.05, 0.1) is 18.3 Å². The van der Waals surface area contributed by atoms with Gasteiger partial charge in [-0.2, -0.15) is 13.2 Å². The van der Waals surface area contributed by atoms with E-state index in [0.29, 0.717) is 32.0 Å². The molecule has 2 N–H and O–H groups in total. The molecular formula is C27H43F3N2O3. The molecule has 1 amide bonds. The lowest BCUT2D eigenvalue weighted by atomic mass is 9.88. The van der Waals surface area contributed by atoms with Gasteiger partial charge in [-0.15, -0.1) is 0 Å². The molecule has 8 heteroatoms. The summed E-state index contributed by atoms with van der Waals surface area (Å²) in [7, 11) is 1.74. The van der Waals surface area contributed by atoms with Gasteiger partial charge in [0, 0.05) is 38.8 Å². The van der Waals surface area contributed by atoms with Crippen molar-refractivity contribution in [2.75, 3.05) is 33.4 Å². The SMILES string of the molecule is CCC.COC1CCCOC1.NC1CCC(C(=O)N2CCC(c3cccc(C(F)(F)F)c3)CC2)C1. The first-order chi connectivity index (χ1) is 16.7. The third kappa shape index (κ3) is 9.73. The lowest BCUT2D eigenvalue weighted by molar-refractivity contribution is -0.137. The Morgan fingerprint density at radius 1 is 1.14 bits per heavy atom. The molecule has 0 aromatic heterocycles. The van der Waals surface area contributed by atoms with E-state index in [1.54, 1.807) is 13.2 Å². The van der Waals surface area contributed by atoms with Gasteiger partial charge in [-0.3, -0.25) is 4.79 Å².